The van der Waals surface area contributed by atoms with Crippen LogP contribution in [0.5, 0.6) is 0 Å². The third kappa shape index (κ3) is 1.63. The average molecular weight is 272 g/mol. The number of carbonyl (C=O) groups is 2. The molecule has 0 heterocycles. The first-order valence-electron chi connectivity index (χ1n) is 7.70. The molecule has 1 saturated carbocycles. The van der Waals surface area contributed by atoms with Gasteiger partial charge in [-0.25, -0.2) is 0 Å². The number of rotatable bonds is 0. The molecule has 0 bridgehead atoms. The largest absolute Gasteiger partial charge is 0.299 e. The number of carbonyl (C=O) groups excluding carboxylic acids is 2. The summed E-state index contributed by atoms with van der Waals surface area (Å²) in [7, 11) is 0. The van der Waals surface area contributed by atoms with Crippen LogP contribution in [0, 0.1) is 16.2 Å². The van der Waals surface area contributed by atoms with E-state index < -0.39 is 0 Å². The highest BCUT2D eigenvalue weighted by atomic mass is 16.1. The van der Waals surface area contributed by atoms with Crippen molar-refractivity contribution in [2.45, 2.75) is 59.8 Å². The van der Waals surface area contributed by atoms with E-state index in [-0.39, 0.29) is 22.0 Å². The SMILES string of the molecule is CC12CC=C3C(C)(C)C(=O)CC[C@]3(C)C1=CC(=O)CC2. The molecule has 0 radical (unpaired) electrons. The highest BCUT2D eigenvalue weighted by molar-refractivity contribution is 5.93. The van der Waals surface area contributed by atoms with E-state index in [2.05, 4.69) is 19.9 Å². The number of allylic oxidation sites excluding steroid dienone is 4. The van der Waals surface area contributed by atoms with Crippen LogP contribution in [0.2, 0.25) is 0 Å². The third-order valence-corrected chi connectivity index (χ3v) is 6.05. The first kappa shape index (κ1) is 13.8. The van der Waals surface area contributed by atoms with Crippen molar-refractivity contribution in [2.75, 3.05) is 0 Å². The van der Waals surface area contributed by atoms with Gasteiger partial charge in [0.05, 0.1) is 0 Å². The van der Waals surface area contributed by atoms with Crippen LogP contribution in [-0.4, -0.2) is 11.6 Å². The van der Waals surface area contributed by atoms with E-state index >= 15 is 0 Å². The van der Waals surface area contributed by atoms with Gasteiger partial charge < -0.3 is 0 Å². The summed E-state index contributed by atoms with van der Waals surface area (Å²) in [6.07, 6.45) is 8.28. The molecule has 2 heteroatoms. The summed E-state index contributed by atoms with van der Waals surface area (Å²) in [6, 6.07) is 0. The Morgan fingerprint density at radius 1 is 0.950 bits per heavy atom. The molecule has 0 saturated heterocycles. The molecule has 0 spiro atoms. The zero-order valence-electron chi connectivity index (χ0n) is 13.0. The summed E-state index contributed by atoms with van der Waals surface area (Å²) in [6.45, 7) is 8.63. The van der Waals surface area contributed by atoms with Gasteiger partial charge in [0, 0.05) is 23.7 Å². The number of hydrogen-bond donors (Lipinski definition) is 0. The molecule has 0 aromatic carbocycles. The van der Waals surface area contributed by atoms with Gasteiger partial charge in [-0.15, -0.1) is 0 Å². The van der Waals surface area contributed by atoms with Gasteiger partial charge in [-0.05, 0) is 44.6 Å². The van der Waals surface area contributed by atoms with Crippen molar-refractivity contribution in [1.82, 2.24) is 0 Å². The molecule has 2 nitrogen and oxygen atoms in total. The lowest BCUT2D eigenvalue weighted by molar-refractivity contribution is -0.128. The van der Waals surface area contributed by atoms with E-state index in [4.69, 9.17) is 0 Å². The molecule has 0 aromatic rings. The van der Waals surface area contributed by atoms with Crippen molar-refractivity contribution in [3.05, 3.63) is 23.3 Å². The summed E-state index contributed by atoms with van der Waals surface area (Å²) < 4.78 is 0. The summed E-state index contributed by atoms with van der Waals surface area (Å²) in [5, 5.41) is 0. The maximum absolute atomic E-state index is 12.3. The van der Waals surface area contributed by atoms with Crippen LogP contribution in [0.25, 0.3) is 0 Å². The van der Waals surface area contributed by atoms with Crippen LogP contribution in [-0.2, 0) is 9.59 Å². The molecule has 1 fully saturated rings. The Bertz CT molecular complexity index is 564. The van der Waals surface area contributed by atoms with Crippen molar-refractivity contribution in [2.24, 2.45) is 16.2 Å². The van der Waals surface area contributed by atoms with Gasteiger partial charge in [0.15, 0.2) is 5.78 Å². The maximum Gasteiger partial charge on any atom is 0.155 e. The smallest absolute Gasteiger partial charge is 0.155 e. The molecular formula is C18H24O2. The molecule has 0 aliphatic heterocycles. The Morgan fingerprint density at radius 2 is 1.65 bits per heavy atom. The van der Waals surface area contributed by atoms with Crippen LogP contribution >= 0.6 is 0 Å². The van der Waals surface area contributed by atoms with Crippen LogP contribution in [0.4, 0.5) is 0 Å². The predicted octanol–water partition coefficient (Wildman–Crippen LogP) is 4.01. The minimum atomic E-state index is -0.379. The Kier molecular flexibility index (Phi) is 2.71. The van der Waals surface area contributed by atoms with Gasteiger partial charge in [-0.3, -0.25) is 9.59 Å². The van der Waals surface area contributed by atoms with Gasteiger partial charge in [0.1, 0.15) is 5.78 Å². The minimum Gasteiger partial charge on any atom is -0.299 e. The van der Waals surface area contributed by atoms with Crippen molar-refractivity contribution >= 4 is 11.6 Å². The number of Topliss-reactive ketones (excluding diaryl/α,β-unsaturated/α-hetero) is 1. The normalized spacial score (nSPS) is 39.6. The summed E-state index contributed by atoms with van der Waals surface area (Å²) in [5.41, 5.74) is 2.18. The monoisotopic (exact) mass is 272 g/mol. The average Bonchev–Trinajstić information content (AvgIpc) is 2.37. The topological polar surface area (TPSA) is 34.1 Å². The molecule has 0 amide bonds. The Hall–Kier alpha value is -1.18. The van der Waals surface area contributed by atoms with Crippen molar-refractivity contribution in [1.29, 1.82) is 0 Å². The first-order valence-corrected chi connectivity index (χ1v) is 7.70. The predicted molar refractivity (Wildman–Crippen MR) is 79.3 cm³/mol. The molecule has 0 N–H and O–H groups in total. The summed E-state index contributed by atoms with van der Waals surface area (Å²) in [4.78, 5) is 24.2. The quantitative estimate of drug-likeness (QED) is 0.624. The molecule has 1 unspecified atom stereocenters. The first-order chi connectivity index (χ1) is 9.20. The van der Waals surface area contributed by atoms with Gasteiger partial charge in [0.2, 0.25) is 0 Å². The second-order valence-electron chi connectivity index (χ2n) is 7.79. The van der Waals surface area contributed by atoms with E-state index in [0.29, 0.717) is 18.6 Å². The Balaban J connectivity index is 2.19. The fraction of sp³-hybridized carbons (Fsp3) is 0.667. The zero-order valence-corrected chi connectivity index (χ0v) is 13.0. The Labute approximate surface area is 121 Å². The third-order valence-electron chi connectivity index (χ3n) is 6.05. The van der Waals surface area contributed by atoms with Gasteiger partial charge in [-0.1, -0.05) is 31.1 Å². The lowest BCUT2D eigenvalue weighted by Crippen LogP contribution is -2.48. The van der Waals surface area contributed by atoms with E-state index in [1.807, 2.05) is 19.9 Å². The van der Waals surface area contributed by atoms with Gasteiger partial charge >= 0.3 is 0 Å². The molecule has 108 valence electrons. The second kappa shape index (κ2) is 3.93. The molecule has 3 rings (SSSR count). The van der Waals surface area contributed by atoms with Crippen molar-refractivity contribution in [3.63, 3.8) is 0 Å². The van der Waals surface area contributed by atoms with E-state index in [1.54, 1.807) is 0 Å². The molecule has 20 heavy (non-hydrogen) atoms. The fourth-order valence-electron chi connectivity index (χ4n) is 4.72. The maximum atomic E-state index is 12.3. The second-order valence-corrected chi connectivity index (χ2v) is 7.79. The molecule has 2 atom stereocenters. The van der Waals surface area contributed by atoms with Crippen LogP contribution in [0.3, 0.4) is 0 Å². The standard InChI is InChI=1S/C18H24O2/c1-16(2)13-6-9-17(3)8-5-12(19)11-14(17)18(13,4)10-7-15(16)20/h6,11H,5,7-10H2,1-4H3/t17?,18-/m0/s1. The van der Waals surface area contributed by atoms with Gasteiger partial charge in [-0.2, -0.15) is 0 Å². The van der Waals surface area contributed by atoms with Crippen LogP contribution in [0.15, 0.2) is 23.3 Å². The zero-order chi connectivity index (χ0) is 14.8. The van der Waals surface area contributed by atoms with Crippen LogP contribution < -0.4 is 0 Å². The number of fused-ring (bicyclic) bond motifs is 3. The number of ketones is 2. The Morgan fingerprint density at radius 3 is 2.35 bits per heavy atom. The minimum absolute atomic E-state index is 0.0967. The van der Waals surface area contributed by atoms with E-state index in [0.717, 1.165) is 19.3 Å². The van der Waals surface area contributed by atoms with E-state index in [9.17, 15) is 9.59 Å². The lowest BCUT2D eigenvalue weighted by Gasteiger charge is -2.55. The highest BCUT2D eigenvalue weighted by Gasteiger charge is 2.54. The van der Waals surface area contributed by atoms with Crippen molar-refractivity contribution < 1.29 is 9.59 Å². The summed E-state index contributed by atoms with van der Waals surface area (Å²) in [5.74, 6) is 0.599. The molecular weight excluding hydrogens is 248 g/mol. The van der Waals surface area contributed by atoms with Crippen LogP contribution in [0.1, 0.15) is 59.8 Å². The molecule has 0 aromatic heterocycles. The van der Waals surface area contributed by atoms with E-state index in [1.165, 1.54) is 11.1 Å². The van der Waals surface area contributed by atoms with Crippen molar-refractivity contribution in [3.8, 4) is 0 Å². The van der Waals surface area contributed by atoms with Gasteiger partial charge in [0.25, 0.3) is 0 Å². The summed E-state index contributed by atoms with van der Waals surface area (Å²) >= 11 is 0. The lowest BCUT2D eigenvalue weighted by atomic mass is 9.48. The fourth-order valence-corrected chi connectivity index (χ4v) is 4.72. The number of hydrogen-bond acceptors (Lipinski definition) is 2. The highest BCUT2D eigenvalue weighted by Crippen LogP contribution is 2.62. The molecule has 3 aliphatic rings. The molecule has 3 aliphatic carbocycles.